The van der Waals surface area contributed by atoms with E-state index >= 15 is 0 Å². The lowest BCUT2D eigenvalue weighted by molar-refractivity contribution is 0.431. The van der Waals surface area contributed by atoms with Crippen LogP contribution in [0.2, 0.25) is 0 Å². The Bertz CT molecular complexity index is 476. The fraction of sp³-hybridized carbons (Fsp3) is 0.250. The van der Waals surface area contributed by atoms with Crippen molar-refractivity contribution in [3.63, 3.8) is 0 Å². The molecule has 0 aromatic heterocycles. The lowest BCUT2D eigenvalue weighted by atomic mass is 9.78. The minimum atomic E-state index is -0.252. The van der Waals surface area contributed by atoms with Gasteiger partial charge in [0.1, 0.15) is 11.5 Å². The highest BCUT2D eigenvalue weighted by Crippen LogP contribution is 2.32. The van der Waals surface area contributed by atoms with Gasteiger partial charge in [-0.25, -0.2) is 0 Å². The fourth-order valence-corrected chi connectivity index (χ4v) is 1.55. The van der Waals surface area contributed by atoms with Gasteiger partial charge in [0.25, 0.3) is 0 Å². The second-order valence-electron chi connectivity index (χ2n) is 4.74. The molecule has 0 aliphatic carbocycles. The average molecular weight is 244 g/mol. The topological polar surface area (TPSA) is 40.5 Å². The summed E-state index contributed by atoms with van der Waals surface area (Å²) in [4.78, 5) is 0. The van der Waals surface area contributed by atoms with E-state index in [0.717, 1.165) is 11.1 Å². The van der Waals surface area contributed by atoms with Crippen LogP contribution in [0, 0.1) is 0 Å². The molecule has 0 heterocycles. The molecule has 1 aromatic carbocycles. The Morgan fingerprint density at radius 3 is 2.22 bits per heavy atom. The summed E-state index contributed by atoms with van der Waals surface area (Å²) in [6.07, 6.45) is 5.06. The first-order chi connectivity index (χ1) is 8.37. The highest BCUT2D eigenvalue weighted by atomic mass is 16.3. The number of hydrogen-bond acceptors (Lipinski definition) is 2. The van der Waals surface area contributed by atoms with Gasteiger partial charge in [-0.05, 0) is 42.3 Å². The first-order valence-corrected chi connectivity index (χ1v) is 5.90. The number of rotatable bonds is 4. The van der Waals surface area contributed by atoms with Crippen LogP contribution in [0.25, 0.3) is 0 Å². The van der Waals surface area contributed by atoms with Gasteiger partial charge >= 0.3 is 0 Å². The van der Waals surface area contributed by atoms with Crippen molar-refractivity contribution in [3.05, 3.63) is 66.0 Å². The fourth-order valence-electron chi connectivity index (χ4n) is 1.55. The summed E-state index contributed by atoms with van der Waals surface area (Å²) in [5.41, 5.74) is 1.70. The van der Waals surface area contributed by atoms with Gasteiger partial charge in [-0.3, -0.25) is 0 Å². The third-order valence-corrected chi connectivity index (χ3v) is 3.14. The number of aromatic hydroxyl groups is 1. The molecule has 0 saturated heterocycles. The zero-order valence-electron chi connectivity index (χ0n) is 11.1. The smallest absolute Gasteiger partial charge is 0.115 e. The molecular weight excluding hydrogens is 224 g/mol. The van der Waals surface area contributed by atoms with Crippen LogP contribution in [0.5, 0.6) is 5.75 Å². The molecule has 0 atom stereocenters. The molecule has 1 rings (SSSR count). The number of phenols is 1. The van der Waals surface area contributed by atoms with Crippen molar-refractivity contribution in [3.8, 4) is 5.75 Å². The van der Waals surface area contributed by atoms with Crippen molar-refractivity contribution in [2.75, 3.05) is 0 Å². The molecular formula is C16H20O2. The van der Waals surface area contributed by atoms with E-state index in [1.165, 1.54) is 0 Å². The van der Waals surface area contributed by atoms with Crippen LogP contribution in [0.15, 0.2) is 60.4 Å². The molecule has 96 valence electrons. The lowest BCUT2D eigenvalue weighted by Crippen LogP contribution is -2.18. The van der Waals surface area contributed by atoms with Crippen LogP contribution in [0.1, 0.15) is 26.3 Å². The molecule has 0 amide bonds. The molecule has 0 saturated carbocycles. The summed E-state index contributed by atoms with van der Waals surface area (Å²) in [6.45, 7) is 9.92. The Kier molecular flexibility index (Phi) is 4.38. The standard InChI is InChI=1S/C16H20O2/c1-5-14(17)9-6-12(2)16(3,4)13-7-10-15(18)11-8-13/h5-11,17-18H,2H2,1,3-4H3/b9-6-,14-5+. The second-order valence-corrected chi connectivity index (χ2v) is 4.74. The highest BCUT2D eigenvalue weighted by molar-refractivity contribution is 5.41. The minimum absolute atomic E-state index is 0.220. The van der Waals surface area contributed by atoms with Crippen LogP contribution >= 0.6 is 0 Å². The second kappa shape index (κ2) is 5.58. The number of phenolic OH excluding ortho intramolecular Hbond substituents is 1. The number of hydrogen-bond donors (Lipinski definition) is 2. The highest BCUT2D eigenvalue weighted by Gasteiger charge is 2.22. The summed E-state index contributed by atoms with van der Waals surface area (Å²) in [5, 5.41) is 18.7. The van der Waals surface area contributed by atoms with Crippen LogP contribution in [0.3, 0.4) is 0 Å². The maximum atomic E-state index is 9.38. The third kappa shape index (κ3) is 3.27. The molecule has 2 heteroatoms. The normalized spacial score (nSPS) is 12.9. The van der Waals surface area contributed by atoms with Gasteiger partial charge in [0, 0.05) is 5.41 Å². The minimum Gasteiger partial charge on any atom is -0.508 e. The van der Waals surface area contributed by atoms with Gasteiger partial charge in [-0.2, -0.15) is 0 Å². The van der Waals surface area contributed by atoms with Crippen LogP contribution in [0.4, 0.5) is 0 Å². The van der Waals surface area contributed by atoms with Crippen LogP contribution in [-0.4, -0.2) is 10.2 Å². The summed E-state index contributed by atoms with van der Waals surface area (Å²) < 4.78 is 0. The largest absolute Gasteiger partial charge is 0.508 e. The molecule has 0 aliphatic rings. The van der Waals surface area contributed by atoms with Gasteiger partial charge in [0.15, 0.2) is 0 Å². The third-order valence-electron chi connectivity index (χ3n) is 3.14. The number of aliphatic hydroxyl groups excluding tert-OH is 1. The van der Waals surface area contributed by atoms with E-state index in [4.69, 9.17) is 0 Å². The molecule has 1 aromatic rings. The summed E-state index contributed by atoms with van der Waals surface area (Å²) in [5.74, 6) is 0.472. The Morgan fingerprint density at radius 2 is 1.72 bits per heavy atom. The van der Waals surface area contributed by atoms with E-state index in [0.29, 0.717) is 0 Å². The predicted molar refractivity (Wildman–Crippen MR) is 75.8 cm³/mol. The molecule has 0 fully saturated rings. The number of aliphatic hydroxyl groups is 1. The van der Waals surface area contributed by atoms with Gasteiger partial charge in [-0.15, -0.1) is 0 Å². The Labute approximate surface area is 109 Å². The predicted octanol–water partition coefficient (Wildman–Crippen LogP) is 4.24. The molecule has 0 aliphatic heterocycles. The van der Waals surface area contributed by atoms with Gasteiger partial charge < -0.3 is 10.2 Å². The van der Waals surface area contributed by atoms with Gasteiger partial charge in [0.2, 0.25) is 0 Å². The summed E-state index contributed by atoms with van der Waals surface area (Å²) in [6, 6.07) is 7.09. The number of allylic oxidation sites excluding steroid dienone is 4. The first kappa shape index (κ1) is 14.1. The van der Waals surface area contributed by atoms with Crippen LogP contribution in [-0.2, 0) is 5.41 Å². The van der Waals surface area contributed by atoms with E-state index in [1.54, 1.807) is 31.2 Å². The van der Waals surface area contributed by atoms with E-state index in [-0.39, 0.29) is 16.9 Å². The Morgan fingerprint density at radius 1 is 1.17 bits per heavy atom. The molecule has 0 radical (unpaired) electrons. The molecule has 0 unspecified atom stereocenters. The first-order valence-electron chi connectivity index (χ1n) is 5.90. The van der Waals surface area contributed by atoms with Gasteiger partial charge in [0.05, 0.1) is 0 Å². The van der Waals surface area contributed by atoms with Crippen molar-refractivity contribution in [1.29, 1.82) is 0 Å². The zero-order chi connectivity index (χ0) is 13.8. The van der Waals surface area contributed by atoms with Crippen LogP contribution < -0.4 is 0 Å². The van der Waals surface area contributed by atoms with Gasteiger partial charge in [-0.1, -0.05) is 38.6 Å². The van der Waals surface area contributed by atoms with Crippen molar-refractivity contribution in [1.82, 2.24) is 0 Å². The monoisotopic (exact) mass is 244 g/mol. The average Bonchev–Trinajstić information content (AvgIpc) is 2.35. The maximum absolute atomic E-state index is 9.38. The quantitative estimate of drug-likeness (QED) is 0.614. The molecule has 2 nitrogen and oxygen atoms in total. The summed E-state index contributed by atoms with van der Waals surface area (Å²) in [7, 11) is 0. The maximum Gasteiger partial charge on any atom is 0.115 e. The summed E-state index contributed by atoms with van der Waals surface area (Å²) >= 11 is 0. The van der Waals surface area contributed by atoms with Crippen molar-refractivity contribution >= 4 is 0 Å². The van der Waals surface area contributed by atoms with Crippen molar-refractivity contribution in [2.45, 2.75) is 26.2 Å². The Hall–Kier alpha value is -1.96. The van der Waals surface area contributed by atoms with E-state index in [2.05, 4.69) is 20.4 Å². The zero-order valence-corrected chi connectivity index (χ0v) is 11.1. The van der Waals surface area contributed by atoms with Crippen molar-refractivity contribution in [2.24, 2.45) is 0 Å². The SMILES string of the molecule is C=C(/C=C\C(O)=C/C)C(C)(C)c1ccc(O)cc1. The van der Waals surface area contributed by atoms with E-state index in [9.17, 15) is 10.2 Å². The lowest BCUT2D eigenvalue weighted by Gasteiger charge is -2.26. The molecule has 0 bridgehead atoms. The van der Waals surface area contributed by atoms with E-state index in [1.807, 2.05) is 18.2 Å². The molecule has 18 heavy (non-hydrogen) atoms. The van der Waals surface area contributed by atoms with E-state index < -0.39 is 0 Å². The Balaban J connectivity index is 2.96. The molecule has 0 spiro atoms. The number of benzene rings is 1. The van der Waals surface area contributed by atoms with Crippen molar-refractivity contribution < 1.29 is 10.2 Å². The molecule has 2 N–H and O–H groups in total.